The van der Waals surface area contributed by atoms with Crippen LogP contribution in [0.1, 0.15) is 28.8 Å². The van der Waals surface area contributed by atoms with Crippen LogP contribution in [0.15, 0.2) is 79.4 Å². The maximum Gasteiger partial charge on any atom is 0.258 e. The van der Waals surface area contributed by atoms with Gasteiger partial charge in [0.25, 0.3) is 11.8 Å². The van der Waals surface area contributed by atoms with E-state index >= 15 is 4.39 Å². The largest absolute Gasteiger partial charge is 0.486 e. The molecule has 3 aliphatic rings. The fourth-order valence-corrected chi connectivity index (χ4v) is 5.29. The van der Waals surface area contributed by atoms with E-state index in [1.54, 1.807) is 52.3 Å². The molecule has 0 saturated carbocycles. The van der Waals surface area contributed by atoms with E-state index in [0.29, 0.717) is 42.1 Å². The topological polar surface area (TPSA) is 128 Å². The van der Waals surface area contributed by atoms with Crippen molar-refractivity contribution in [2.45, 2.75) is 38.1 Å². The summed E-state index contributed by atoms with van der Waals surface area (Å²) in [7, 11) is 0. The van der Waals surface area contributed by atoms with Gasteiger partial charge in [-0.2, -0.15) is 5.10 Å². The van der Waals surface area contributed by atoms with Crippen molar-refractivity contribution >= 4 is 17.7 Å². The zero-order chi connectivity index (χ0) is 30.5. The zero-order valence-corrected chi connectivity index (χ0v) is 23.8. The molecule has 44 heavy (non-hydrogen) atoms. The molecular formula is C32H31FN6O5. The van der Waals surface area contributed by atoms with E-state index in [-0.39, 0.29) is 43.5 Å². The minimum Gasteiger partial charge on any atom is -0.486 e. The van der Waals surface area contributed by atoms with Crippen LogP contribution in [-0.2, 0) is 22.7 Å². The van der Waals surface area contributed by atoms with Gasteiger partial charge in [-0.3, -0.25) is 19.1 Å². The van der Waals surface area contributed by atoms with Crippen LogP contribution in [0.3, 0.4) is 0 Å². The molecule has 1 aromatic heterocycles. The number of fused-ring (bicyclic) bond motifs is 7. The number of carbonyl (C=O) groups is 3. The highest BCUT2D eigenvalue weighted by Gasteiger charge is 2.38. The first-order chi connectivity index (χ1) is 21.4. The molecule has 226 valence electrons. The number of hydrogen-bond acceptors (Lipinski definition) is 7. The van der Waals surface area contributed by atoms with Gasteiger partial charge in [0.2, 0.25) is 5.91 Å². The Labute approximate surface area is 253 Å². The van der Waals surface area contributed by atoms with Gasteiger partial charge in [-0.15, -0.1) is 0 Å². The van der Waals surface area contributed by atoms with E-state index in [1.165, 1.54) is 18.5 Å². The molecular weight excluding hydrogens is 567 g/mol. The Bertz CT molecular complexity index is 1650. The number of hydrogen-bond donors (Lipinski definition) is 2. The molecule has 12 heteroatoms. The van der Waals surface area contributed by atoms with Gasteiger partial charge in [0, 0.05) is 26.1 Å². The molecule has 3 aliphatic heterocycles. The maximum atomic E-state index is 15.0. The number of nitrogens with one attached hydrogen (secondary N) is 2. The van der Waals surface area contributed by atoms with Gasteiger partial charge in [-0.25, -0.2) is 9.37 Å². The minimum atomic E-state index is -0.676. The van der Waals surface area contributed by atoms with Crippen molar-refractivity contribution in [1.29, 1.82) is 0 Å². The molecule has 11 nitrogen and oxygen atoms in total. The van der Waals surface area contributed by atoms with Crippen molar-refractivity contribution in [3.8, 4) is 22.6 Å². The van der Waals surface area contributed by atoms with Crippen LogP contribution in [0.2, 0.25) is 0 Å². The van der Waals surface area contributed by atoms with Gasteiger partial charge in [-0.1, -0.05) is 30.3 Å². The van der Waals surface area contributed by atoms with Crippen molar-refractivity contribution in [3.05, 3.63) is 96.3 Å². The summed E-state index contributed by atoms with van der Waals surface area (Å²) >= 11 is 0. The standard InChI is InChI=1S/C32H31FN6O5/c33-27-11-8-23-14-26(27)32(42)37-28-16-38(31(41)5-2-12-39-20-34-19-36-39)17-29(28)44-24-9-6-21(7-10-24)15-35-30(40)18-43-25-4-1-3-22(23)13-25/h1,3-4,6-11,13-14,19-20,28-29H,2,5,12,15-18H2,(H,35,40)(H,37,42)/t28-,29-/m0/s1. The van der Waals surface area contributed by atoms with E-state index in [2.05, 4.69) is 20.7 Å². The molecule has 2 N–H and O–H groups in total. The highest BCUT2D eigenvalue weighted by atomic mass is 19.1. The number of amides is 3. The summed E-state index contributed by atoms with van der Waals surface area (Å²) in [5.74, 6) is -0.659. The third-order valence-corrected chi connectivity index (χ3v) is 7.63. The number of likely N-dealkylation sites (tertiary alicyclic amines) is 1. The van der Waals surface area contributed by atoms with Crippen LogP contribution in [0.25, 0.3) is 11.1 Å². The summed E-state index contributed by atoms with van der Waals surface area (Å²) < 4.78 is 28.6. The second-order valence-electron chi connectivity index (χ2n) is 10.7. The van der Waals surface area contributed by atoms with E-state index in [1.807, 2.05) is 18.2 Å². The zero-order valence-electron chi connectivity index (χ0n) is 23.8. The molecule has 3 aromatic carbocycles. The summed E-state index contributed by atoms with van der Waals surface area (Å²) in [6.07, 6.45) is 3.33. The first kappa shape index (κ1) is 28.8. The molecule has 6 bridgehead atoms. The summed E-state index contributed by atoms with van der Waals surface area (Å²) in [6, 6.07) is 17.9. The summed E-state index contributed by atoms with van der Waals surface area (Å²) in [5.41, 5.74) is 2.01. The lowest BCUT2D eigenvalue weighted by atomic mass is 10.0. The van der Waals surface area contributed by atoms with E-state index in [9.17, 15) is 14.4 Å². The van der Waals surface area contributed by atoms with Gasteiger partial charge in [-0.05, 0) is 59.5 Å². The fourth-order valence-electron chi connectivity index (χ4n) is 5.29. The van der Waals surface area contributed by atoms with Crippen LogP contribution >= 0.6 is 0 Å². The Morgan fingerprint density at radius 1 is 1.00 bits per heavy atom. The summed E-state index contributed by atoms with van der Waals surface area (Å²) in [5, 5.41) is 9.83. The third-order valence-electron chi connectivity index (χ3n) is 7.63. The second-order valence-corrected chi connectivity index (χ2v) is 10.7. The molecule has 0 radical (unpaired) electrons. The van der Waals surface area contributed by atoms with Gasteiger partial charge in [0.15, 0.2) is 6.61 Å². The van der Waals surface area contributed by atoms with Crippen molar-refractivity contribution < 1.29 is 28.2 Å². The number of halogens is 1. The minimum absolute atomic E-state index is 0.0812. The summed E-state index contributed by atoms with van der Waals surface area (Å²) in [4.78, 5) is 44.6. The van der Waals surface area contributed by atoms with Crippen molar-refractivity contribution in [1.82, 2.24) is 30.3 Å². The highest BCUT2D eigenvalue weighted by Crippen LogP contribution is 2.27. The number of benzene rings is 3. The molecule has 0 aliphatic carbocycles. The normalized spacial score (nSPS) is 18.4. The molecule has 1 saturated heterocycles. The lowest BCUT2D eigenvalue weighted by molar-refractivity contribution is -0.130. The third kappa shape index (κ3) is 6.86. The molecule has 1 fully saturated rings. The Morgan fingerprint density at radius 3 is 2.66 bits per heavy atom. The molecule has 4 heterocycles. The van der Waals surface area contributed by atoms with Gasteiger partial charge in [0.1, 0.15) is 36.1 Å². The molecule has 0 unspecified atom stereocenters. The predicted octanol–water partition coefficient (Wildman–Crippen LogP) is 2.96. The van der Waals surface area contributed by atoms with E-state index in [0.717, 1.165) is 5.56 Å². The van der Waals surface area contributed by atoms with Crippen molar-refractivity contribution in [2.24, 2.45) is 0 Å². The number of rotatable bonds is 4. The van der Waals surface area contributed by atoms with Crippen LogP contribution in [-0.4, -0.2) is 69.2 Å². The average Bonchev–Trinajstić information content (AvgIpc) is 3.70. The van der Waals surface area contributed by atoms with Crippen molar-refractivity contribution in [2.75, 3.05) is 19.7 Å². The smallest absolute Gasteiger partial charge is 0.258 e. The lowest BCUT2D eigenvalue weighted by Crippen LogP contribution is -2.45. The number of ether oxygens (including phenoxy) is 2. The Hall–Kier alpha value is -5.26. The molecule has 7 rings (SSSR count). The number of carbonyl (C=O) groups excluding carboxylic acids is 3. The van der Waals surface area contributed by atoms with Gasteiger partial charge < -0.3 is 25.0 Å². The van der Waals surface area contributed by atoms with E-state index < -0.39 is 23.9 Å². The Kier molecular flexibility index (Phi) is 8.48. The highest BCUT2D eigenvalue weighted by molar-refractivity contribution is 5.96. The molecule has 4 aromatic rings. The van der Waals surface area contributed by atoms with Crippen LogP contribution < -0.4 is 20.1 Å². The number of aromatic nitrogens is 3. The maximum absolute atomic E-state index is 15.0. The van der Waals surface area contributed by atoms with Crippen LogP contribution in [0, 0.1) is 5.82 Å². The number of nitrogens with zero attached hydrogens (tertiary/aromatic N) is 4. The van der Waals surface area contributed by atoms with Gasteiger partial charge in [0.05, 0.1) is 18.2 Å². The first-order valence-electron chi connectivity index (χ1n) is 14.4. The molecule has 0 spiro atoms. The second kappa shape index (κ2) is 12.9. The average molecular weight is 599 g/mol. The van der Waals surface area contributed by atoms with Crippen LogP contribution in [0.5, 0.6) is 11.5 Å². The van der Waals surface area contributed by atoms with Crippen molar-refractivity contribution in [3.63, 3.8) is 0 Å². The monoisotopic (exact) mass is 598 g/mol. The Morgan fingerprint density at radius 2 is 1.84 bits per heavy atom. The van der Waals surface area contributed by atoms with E-state index in [4.69, 9.17) is 9.47 Å². The van der Waals surface area contributed by atoms with Gasteiger partial charge >= 0.3 is 0 Å². The lowest BCUT2D eigenvalue weighted by Gasteiger charge is -2.21. The number of aryl methyl sites for hydroxylation is 1. The first-order valence-corrected chi connectivity index (χ1v) is 14.4. The SMILES string of the molecule is O=C1COc2cccc(c2)-c2ccc(F)c(c2)C(=O)N[C@H]2CN(C(=O)CCCn3cncn3)C[C@@H]2Oc2ccc(cc2)CN1. The summed E-state index contributed by atoms with van der Waals surface area (Å²) in [6.45, 7) is 1.14. The van der Waals surface area contributed by atoms with Crippen LogP contribution in [0.4, 0.5) is 4.39 Å². The quantitative estimate of drug-likeness (QED) is 0.370. The molecule has 2 atom stereocenters. The Balaban J connectivity index is 1.26. The fraction of sp³-hybridized carbons (Fsp3) is 0.281. The molecule has 3 amide bonds. The predicted molar refractivity (Wildman–Crippen MR) is 157 cm³/mol.